The molecule has 3 rings (SSSR count). The third kappa shape index (κ3) is 4.43. The molecule has 28 heavy (non-hydrogen) atoms. The summed E-state index contributed by atoms with van der Waals surface area (Å²) in [6.45, 7) is 4.85. The van der Waals surface area contributed by atoms with E-state index in [0.717, 1.165) is 29.2 Å². The molecule has 1 aromatic heterocycles. The van der Waals surface area contributed by atoms with Crippen LogP contribution in [0.15, 0.2) is 54.7 Å². The molecule has 1 N–H and O–H groups in total. The zero-order valence-corrected chi connectivity index (χ0v) is 17.4. The summed E-state index contributed by atoms with van der Waals surface area (Å²) in [5, 5.41) is 8.16. The van der Waals surface area contributed by atoms with E-state index in [1.54, 1.807) is 10.9 Å². The largest absolute Gasteiger partial charge is 0.322 e. The van der Waals surface area contributed by atoms with Gasteiger partial charge in [-0.3, -0.25) is 4.79 Å². The first-order valence-electron chi connectivity index (χ1n) is 9.24. The van der Waals surface area contributed by atoms with Crippen molar-refractivity contribution >= 4 is 23.2 Å². The van der Waals surface area contributed by atoms with Crippen LogP contribution in [-0.4, -0.2) is 34.7 Å². The molecular weight excluding hydrogens is 372 g/mol. The van der Waals surface area contributed by atoms with Gasteiger partial charge >= 0.3 is 0 Å². The van der Waals surface area contributed by atoms with Gasteiger partial charge in [0.25, 0.3) is 5.91 Å². The summed E-state index contributed by atoms with van der Waals surface area (Å²) in [6, 6.07) is 15.3. The fourth-order valence-electron chi connectivity index (χ4n) is 3.21. The number of carbonyl (C=O) groups excluding carboxylic acids is 1. The van der Waals surface area contributed by atoms with Crippen LogP contribution in [0.4, 0.5) is 5.69 Å². The van der Waals surface area contributed by atoms with Crippen molar-refractivity contribution in [2.45, 2.75) is 26.3 Å². The van der Waals surface area contributed by atoms with Crippen LogP contribution < -0.4 is 5.32 Å². The van der Waals surface area contributed by atoms with Crippen LogP contribution in [0.25, 0.3) is 5.69 Å². The van der Waals surface area contributed by atoms with Crippen molar-refractivity contribution in [2.24, 2.45) is 0 Å². The lowest BCUT2D eigenvalue weighted by Crippen LogP contribution is -2.18. The monoisotopic (exact) mass is 396 g/mol. The maximum absolute atomic E-state index is 13.1. The topological polar surface area (TPSA) is 50.2 Å². The van der Waals surface area contributed by atoms with E-state index in [-0.39, 0.29) is 11.8 Å². The van der Waals surface area contributed by atoms with Crippen LogP contribution in [-0.2, 0) is 6.54 Å². The molecular formula is C22H25ClN4O. The third-order valence-electron chi connectivity index (χ3n) is 4.40. The van der Waals surface area contributed by atoms with Crippen molar-refractivity contribution in [1.82, 2.24) is 14.7 Å². The maximum Gasteiger partial charge on any atom is 0.259 e. The quantitative estimate of drug-likeness (QED) is 0.640. The van der Waals surface area contributed by atoms with Crippen LogP contribution in [0.3, 0.4) is 0 Å². The van der Waals surface area contributed by atoms with Crippen molar-refractivity contribution < 1.29 is 4.79 Å². The Balaban J connectivity index is 1.95. The van der Waals surface area contributed by atoms with Crippen molar-refractivity contribution in [1.29, 1.82) is 0 Å². The number of aromatic nitrogens is 2. The minimum absolute atomic E-state index is 0.110. The smallest absolute Gasteiger partial charge is 0.259 e. The normalized spacial score (nSPS) is 11.2. The van der Waals surface area contributed by atoms with Crippen LogP contribution in [0.2, 0.25) is 5.02 Å². The minimum Gasteiger partial charge on any atom is -0.322 e. The molecule has 0 spiro atoms. The Kier molecular flexibility index (Phi) is 6.17. The van der Waals surface area contributed by atoms with Gasteiger partial charge < -0.3 is 10.2 Å². The second-order valence-electron chi connectivity index (χ2n) is 7.34. The highest BCUT2D eigenvalue weighted by molar-refractivity contribution is 6.30. The predicted molar refractivity (Wildman–Crippen MR) is 114 cm³/mol. The fraction of sp³-hybridized carbons (Fsp3) is 0.273. The molecule has 0 bridgehead atoms. The van der Waals surface area contributed by atoms with Gasteiger partial charge in [0.05, 0.1) is 23.1 Å². The lowest BCUT2D eigenvalue weighted by molar-refractivity contribution is 0.102. The Morgan fingerprint density at radius 1 is 1.18 bits per heavy atom. The second kappa shape index (κ2) is 8.59. The summed E-state index contributed by atoms with van der Waals surface area (Å²) in [6.07, 6.45) is 1.63. The number of halogens is 1. The molecule has 1 heterocycles. The number of benzene rings is 2. The van der Waals surface area contributed by atoms with Gasteiger partial charge in [0.1, 0.15) is 0 Å². The Morgan fingerprint density at radius 2 is 1.93 bits per heavy atom. The summed E-state index contributed by atoms with van der Waals surface area (Å²) in [5.74, 6) is -0.0533. The number of nitrogens with zero attached hydrogens (tertiary/aromatic N) is 3. The third-order valence-corrected chi connectivity index (χ3v) is 4.64. The van der Waals surface area contributed by atoms with E-state index in [9.17, 15) is 4.79 Å². The first-order chi connectivity index (χ1) is 13.4. The number of para-hydroxylation sites is 1. The molecule has 146 valence electrons. The van der Waals surface area contributed by atoms with E-state index in [4.69, 9.17) is 11.6 Å². The molecule has 1 amide bonds. The Hall–Kier alpha value is -2.63. The standard InChI is InChI=1S/C22H25ClN4O/c1-15(2)21-19(13-24-27(21)18-10-7-9-17(23)12-18)22(28)25-20-11-6-5-8-16(20)14-26(3)4/h5-13,15H,14H2,1-4H3,(H,25,28). The van der Waals surface area contributed by atoms with Gasteiger partial charge in [0.15, 0.2) is 0 Å². The molecule has 0 saturated heterocycles. The number of hydrogen-bond acceptors (Lipinski definition) is 3. The van der Waals surface area contributed by atoms with Gasteiger partial charge in [-0.25, -0.2) is 4.68 Å². The molecule has 0 radical (unpaired) electrons. The summed E-state index contributed by atoms with van der Waals surface area (Å²) in [7, 11) is 4.01. The summed E-state index contributed by atoms with van der Waals surface area (Å²) >= 11 is 6.14. The number of carbonyl (C=O) groups is 1. The van der Waals surface area contributed by atoms with Crippen molar-refractivity contribution in [3.8, 4) is 5.69 Å². The molecule has 0 aliphatic heterocycles. The van der Waals surface area contributed by atoms with Crippen LogP contribution in [0.1, 0.15) is 41.4 Å². The maximum atomic E-state index is 13.1. The Bertz CT molecular complexity index is 978. The van der Waals surface area contributed by atoms with Gasteiger partial charge in [0, 0.05) is 17.3 Å². The van der Waals surface area contributed by atoms with Crippen LogP contribution >= 0.6 is 11.6 Å². The highest BCUT2D eigenvalue weighted by Crippen LogP contribution is 2.26. The van der Waals surface area contributed by atoms with E-state index in [1.165, 1.54) is 0 Å². The molecule has 0 aliphatic rings. The summed E-state index contributed by atoms with van der Waals surface area (Å²) in [4.78, 5) is 15.2. The van der Waals surface area contributed by atoms with Crippen molar-refractivity contribution in [3.05, 3.63) is 76.6 Å². The molecule has 0 unspecified atom stereocenters. The van der Waals surface area contributed by atoms with E-state index in [2.05, 4.69) is 29.2 Å². The number of amides is 1. The average Bonchev–Trinajstić information content (AvgIpc) is 3.08. The average molecular weight is 397 g/mol. The zero-order valence-electron chi connectivity index (χ0n) is 16.6. The number of anilines is 1. The van der Waals surface area contributed by atoms with E-state index in [1.807, 2.05) is 62.6 Å². The number of rotatable bonds is 6. The van der Waals surface area contributed by atoms with Crippen LogP contribution in [0, 0.1) is 0 Å². The molecule has 0 atom stereocenters. The SMILES string of the molecule is CC(C)c1c(C(=O)Nc2ccccc2CN(C)C)cnn1-c1cccc(Cl)c1. The van der Waals surface area contributed by atoms with E-state index >= 15 is 0 Å². The van der Waals surface area contributed by atoms with E-state index < -0.39 is 0 Å². The lowest BCUT2D eigenvalue weighted by atomic mass is 10.0. The van der Waals surface area contributed by atoms with Gasteiger partial charge in [0.2, 0.25) is 0 Å². The van der Waals surface area contributed by atoms with Crippen molar-refractivity contribution in [3.63, 3.8) is 0 Å². The molecule has 0 fully saturated rings. The second-order valence-corrected chi connectivity index (χ2v) is 7.78. The van der Waals surface area contributed by atoms with Gasteiger partial charge in [-0.1, -0.05) is 49.7 Å². The highest BCUT2D eigenvalue weighted by atomic mass is 35.5. The predicted octanol–water partition coefficient (Wildman–Crippen LogP) is 4.96. The first-order valence-corrected chi connectivity index (χ1v) is 9.62. The first kappa shape index (κ1) is 20.1. The number of nitrogens with one attached hydrogen (secondary N) is 1. The van der Waals surface area contributed by atoms with Crippen molar-refractivity contribution in [2.75, 3.05) is 19.4 Å². The Morgan fingerprint density at radius 3 is 2.61 bits per heavy atom. The lowest BCUT2D eigenvalue weighted by Gasteiger charge is -2.16. The van der Waals surface area contributed by atoms with Gasteiger partial charge in [-0.2, -0.15) is 5.10 Å². The minimum atomic E-state index is -0.164. The Labute approximate surface area is 170 Å². The summed E-state index contributed by atoms with van der Waals surface area (Å²) < 4.78 is 1.79. The molecule has 0 saturated carbocycles. The number of hydrogen-bond donors (Lipinski definition) is 1. The van der Waals surface area contributed by atoms with E-state index in [0.29, 0.717) is 10.6 Å². The van der Waals surface area contributed by atoms with Gasteiger partial charge in [-0.05, 0) is 49.8 Å². The molecule has 2 aromatic carbocycles. The zero-order chi connectivity index (χ0) is 20.3. The molecule has 6 heteroatoms. The molecule has 3 aromatic rings. The van der Waals surface area contributed by atoms with Crippen LogP contribution in [0.5, 0.6) is 0 Å². The highest BCUT2D eigenvalue weighted by Gasteiger charge is 2.21. The van der Waals surface area contributed by atoms with Gasteiger partial charge in [-0.15, -0.1) is 0 Å². The summed E-state index contributed by atoms with van der Waals surface area (Å²) in [5.41, 5.74) is 4.13. The molecule has 5 nitrogen and oxygen atoms in total. The molecule has 0 aliphatic carbocycles. The fourth-order valence-corrected chi connectivity index (χ4v) is 3.40.